The minimum atomic E-state index is -3.12. The van der Waals surface area contributed by atoms with Crippen LogP contribution < -0.4 is 29.6 Å². The largest absolute Gasteiger partial charge is 1.00 e. The molecule has 0 radical (unpaired) electrons. The van der Waals surface area contributed by atoms with E-state index in [9.17, 15) is 8.76 Å². The molecule has 0 fully saturated rings. The first kappa shape index (κ1) is 20.2. The van der Waals surface area contributed by atoms with Gasteiger partial charge in [-0.25, -0.2) is 4.21 Å². The van der Waals surface area contributed by atoms with Crippen molar-refractivity contribution < 1.29 is 73.1 Å². The summed E-state index contributed by atoms with van der Waals surface area (Å²) in [7, 11) is 0. The summed E-state index contributed by atoms with van der Waals surface area (Å²) in [5, 5.41) is 53.6. The smallest absolute Gasteiger partial charge is 0.750 e. The molecule has 0 aliphatic rings. The zero-order valence-corrected chi connectivity index (χ0v) is 11.7. The second-order valence-electron chi connectivity index (χ2n) is 2.91. The zero-order valence-electron chi connectivity index (χ0n) is 8.91. The molecule has 0 saturated carbocycles. The van der Waals surface area contributed by atoms with Crippen molar-refractivity contribution in [2.24, 2.45) is 0 Å². The number of hydrogen-bond donors (Lipinski definition) is 6. The van der Waals surface area contributed by atoms with Gasteiger partial charge in [0.2, 0.25) is 0 Å². The Balaban J connectivity index is 0. The van der Waals surface area contributed by atoms with Gasteiger partial charge in [-0.15, -0.1) is 0 Å². The molecule has 0 heterocycles. The Morgan fingerprint density at radius 3 is 1.88 bits per heavy atom. The summed E-state index contributed by atoms with van der Waals surface area (Å²) in [6.07, 6.45) is -10.3. The third kappa shape index (κ3) is 7.10. The fourth-order valence-corrected chi connectivity index (χ4v) is 1.12. The monoisotopic (exact) mass is 284 g/mol. The van der Waals surface area contributed by atoms with Crippen LogP contribution in [0.4, 0.5) is 0 Å². The molecule has 6 N–H and O–H groups in total. The molecule has 0 aromatic rings. The topological polar surface area (TPSA) is 171 Å². The number of aliphatic hydroxyl groups excluding tert-OH is 6. The van der Waals surface area contributed by atoms with Crippen molar-refractivity contribution in [2.75, 3.05) is 6.61 Å². The predicted octanol–water partition coefficient (Wildman–Crippen LogP) is -7.44. The minimum absolute atomic E-state index is 0. The molecule has 6 atom stereocenters. The minimum Gasteiger partial charge on any atom is -0.750 e. The van der Waals surface area contributed by atoms with Gasteiger partial charge in [-0.05, 0) is 0 Å². The van der Waals surface area contributed by atoms with Gasteiger partial charge >= 0.3 is 29.6 Å². The van der Waals surface area contributed by atoms with Gasteiger partial charge in [-0.2, -0.15) is 0 Å². The van der Waals surface area contributed by atoms with Gasteiger partial charge < -0.3 is 35.2 Å². The summed E-state index contributed by atoms with van der Waals surface area (Å²) >= 11 is -3.12. The molecule has 0 bridgehead atoms. The Labute approximate surface area is 121 Å². The second-order valence-corrected chi connectivity index (χ2v) is 3.51. The van der Waals surface area contributed by atoms with Crippen molar-refractivity contribution in [3.63, 3.8) is 0 Å². The van der Waals surface area contributed by atoms with Crippen LogP contribution in [0.25, 0.3) is 0 Å². The molecule has 2 unspecified atom stereocenters. The zero-order chi connectivity index (χ0) is 12.9. The normalized spacial score (nSPS) is 21.8. The summed E-state index contributed by atoms with van der Waals surface area (Å²) in [6.45, 7) is -0.893. The summed E-state index contributed by atoms with van der Waals surface area (Å²) in [5.41, 5.74) is 0. The summed E-state index contributed by atoms with van der Waals surface area (Å²) < 4.78 is 23.6. The second kappa shape index (κ2) is 9.72. The van der Waals surface area contributed by atoms with Gasteiger partial charge in [0.15, 0.2) is 6.29 Å². The van der Waals surface area contributed by atoms with E-state index in [-0.39, 0.29) is 29.6 Å². The maximum atomic E-state index is 9.97. The average Bonchev–Trinajstić information content (AvgIpc) is 2.23. The first-order chi connectivity index (χ1) is 7.31. The number of rotatable bonds is 7. The van der Waals surface area contributed by atoms with Crippen LogP contribution in [0.3, 0.4) is 0 Å². The molecule has 0 amide bonds. The van der Waals surface area contributed by atoms with Crippen LogP contribution in [0, 0.1) is 0 Å². The van der Waals surface area contributed by atoms with E-state index in [1.807, 2.05) is 0 Å². The third-order valence-electron chi connectivity index (χ3n) is 1.75. The summed E-state index contributed by atoms with van der Waals surface area (Å²) in [5.74, 6) is 0. The van der Waals surface area contributed by atoms with Crippen molar-refractivity contribution >= 4 is 11.4 Å². The molecule has 0 aliphatic heterocycles. The molecule has 0 saturated heterocycles. The van der Waals surface area contributed by atoms with Crippen molar-refractivity contribution in [1.29, 1.82) is 0 Å². The molecule has 9 nitrogen and oxygen atoms in total. The van der Waals surface area contributed by atoms with E-state index in [1.54, 1.807) is 0 Å². The molecule has 0 aliphatic carbocycles. The van der Waals surface area contributed by atoms with Gasteiger partial charge in [0.05, 0.1) is 18.0 Å². The maximum Gasteiger partial charge on any atom is 1.00 e. The fraction of sp³-hybridized carbons (Fsp3) is 1.00. The molecular weight excluding hydrogens is 271 g/mol. The first-order valence-corrected chi connectivity index (χ1v) is 5.08. The van der Waals surface area contributed by atoms with Crippen LogP contribution >= 0.6 is 0 Å². The van der Waals surface area contributed by atoms with E-state index in [1.165, 1.54) is 0 Å². The quantitative estimate of drug-likeness (QED) is 0.151. The molecule has 0 spiro atoms. The van der Waals surface area contributed by atoms with Crippen LogP contribution in [-0.2, 0) is 15.5 Å². The SMILES string of the molecule is O=S([O-])OC(O)[C@@H](O)[C@@H](O)[C@H](O)[C@H](O)CO.[Na+]. The van der Waals surface area contributed by atoms with E-state index in [2.05, 4.69) is 4.18 Å². The molecule has 0 aromatic heterocycles. The summed E-state index contributed by atoms with van der Waals surface area (Å²) in [4.78, 5) is 0. The van der Waals surface area contributed by atoms with Crippen LogP contribution in [-0.4, -0.2) is 76.7 Å². The van der Waals surface area contributed by atoms with Crippen LogP contribution in [0.1, 0.15) is 0 Å². The van der Waals surface area contributed by atoms with E-state index in [4.69, 9.17) is 30.6 Å². The van der Waals surface area contributed by atoms with Gasteiger partial charge in [0.1, 0.15) is 24.4 Å². The Hall–Kier alpha value is 0.830. The average molecular weight is 284 g/mol. The Morgan fingerprint density at radius 1 is 1.06 bits per heavy atom. The number of hydrogen-bond acceptors (Lipinski definition) is 9. The summed E-state index contributed by atoms with van der Waals surface area (Å²) in [6, 6.07) is 0. The number of aliphatic hydroxyl groups is 6. The van der Waals surface area contributed by atoms with Gasteiger partial charge in [-0.1, -0.05) is 0 Å². The maximum absolute atomic E-state index is 9.97. The molecule has 0 rings (SSSR count). The molecule has 98 valence electrons. The standard InChI is InChI=1S/C6H14O9S.Na/c7-1-2(8)3(9)4(10)5(11)6(12)15-16(13)14;/h2-12H,1H2,(H,13,14);/q;+1/p-1/t2-,3-,4+,5+,6?;/m1./s1. The van der Waals surface area contributed by atoms with Crippen molar-refractivity contribution in [1.82, 2.24) is 0 Å². The Bertz CT molecular complexity index is 230. The molecule has 11 heteroatoms. The molecule has 17 heavy (non-hydrogen) atoms. The van der Waals surface area contributed by atoms with Crippen LogP contribution in [0.15, 0.2) is 0 Å². The Kier molecular flexibility index (Phi) is 11.5. The third-order valence-corrected chi connectivity index (χ3v) is 2.10. The predicted molar refractivity (Wildman–Crippen MR) is 47.1 cm³/mol. The van der Waals surface area contributed by atoms with E-state index < -0.39 is 48.7 Å². The van der Waals surface area contributed by atoms with E-state index in [0.29, 0.717) is 0 Å². The van der Waals surface area contributed by atoms with Crippen LogP contribution in [0.2, 0.25) is 0 Å². The molecular formula is C6H13NaO9S. The van der Waals surface area contributed by atoms with E-state index >= 15 is 0 Å². The first-order valence-electron chi connectivity index (χ1n) is 4.08. The van der Waals surface area contributed by atoms with Crippen molar-refractivity contribution in [2.45, 2.75) is 30.7 Å². The van der Waals surface area contributed by atoms with Crippen molar-refractivity contribution in [3.05, 3.63) is 0 Å². The Morgan fingerprint density at radius 2 is 1.53 bits per heavy atom. The van der Waals surface area contributed by atoms with Crippen molar-refractivity contribution in [3.8, 4) is 0 Å². The molecule has 0 aromatic carbocycles. The van der Waals surface area contributed by atoms with Gasteiger partial charge in [0.25, 0.3) is 0 Å². The van der Waals surface area contributed by atoms with Gasteiger partial charge in [-0.3, -0.25) is 4.18 Å². The van der Waals surface area contributed by atoms with Gasteiger partial charge in [0, 0.05) is 0 Å². The van der Waals surface area contributed by atoms with Crippen LogP contribution in [0.5, 0.6) is 0 Å². The fourth-order valence-electron chi connectivity index (χ4n) is 0.844. The van der Waals surface area contributed by atoms with E-state index in [0.717, 1.165) is 0 Å².